The van der Waals surface area contributed by atoms with E-state index in [2.05, 4.69) is 28.1 Å². The van der Waals surface area contributed by atoms with Gasteiger partial charge in [-0.05, 0) is 19.4 Å². The summed E-state index contributed by atoms with van der Waals surface area (Å²) in [5.74, 6) is 0.694. The maximum absolute atomic E-state index is 8.89. The summed E-state index contributed by atoms with van der Waals surface area (Å²) in [6, 6.07) is 3.82. The van der Waals surface area contributed by atoms with Crippen LogP contribution in [-0.4, -0.2) is 23.3 Å². The lowest BCUT2D eigenvalue weighted by Gasteiger charge is -2.20. The largest absolute Gasteiger partial charge is 0.354 e. The monoisotopic (exact) mass is 190 g/mol. The van der Waals surface area contributed by atoms with Crippen molar-refractivity contribution < 1.29 is 0 Å². The van der Waals surface area contributed by atoms with Crippen molar-refractivity contribution in [2.45, 2.75) is 20.3 Å². The fraction of sp³-hybridized carbons (Fsp3) is 0.500. The van der Waals surface area contributed by atoms with Crippen molar-refractivity contribution in [3.05, 3.63) is 17.8 Å². The molecule has 0 bridgehead atoms. The van der Waals surface area contributed by atoms with Gasteiger partial charge in [0.05, 0.1) is 11.8 Å². The lowest BCUT2D eigenvalue weighted by molar-refractivity contribution is 0.765. The van der Waals surface area contributed by atoms with Gasteiger partial charge in [-0.15, -0.1) is 5.10 Å². The average Bonchev–Trinajstić information content (AvgIpc) is 2.26. The first-order chi connectivity index (χ1) is 6.83. The first-order valence-electron chi connectivity index (χ1n) is 4.80. The van der Waals surface area contributed by atoms with Crippen LogP contribution in [-0.2, 0) is 0 Å². The van der Waals surface area contributed by atoms with Gasteiger partial charge in [0.2, 0.25) is 0 Å². The Morgan fingerprint density at radius 2 is 2.29 bits per heavy atom. The number of hydrogen-bond acceptors (Lipinski definition) is 4. The lowest BCUT2D eigenvalue weighted by atomic mass is 10.3. The summed E-state index contributed by atoms with van der Waals surface area (Å²) < 4.78 is 0. The van der Waals surface area contributed by atoms with Crippen LogP contribution in [0.1, 0.15) is 25.8 Å². The Morgan fingerprint density at radius 1 is 1.50 bits per heavy atom. The molecular weight excluding hydrogens is 176 g/mol. The second kappa shape index (κ2) is 5.18. The third-order valence-electron chi connectivity index (χ3n) is 2.00. The predicted octanol–water partition coefficient (Wildman–Crippen LogP) is 1.58. The molecule has 1 aromatic heterocycles. The first kappa shape index (κ1) is 10.5. The van der Waals surface area contributed by atoms with E-state index >= 15 is 0 Å². The van der Waals surface area contributed by atoms with Gasteiger partial charge in [-0.2, -0.15) is 10.4 Å². The minimum Gasteiger partial charge on any atom is -0.354 e. The summed E-state index contributed by atoms with van der Waals surface area (Å²) in [4.78, 5) is 2.06. The molecule has 4 nitrogen and oxygen atoms in total. The van der Waals surface area contributed by atoms with Crippen LogP contribution in [0.25, 0.3) is 0 Å². The van der Waals surface area contributed by atoms with Crippen LogP contribution < -0.4 is 4.90 Å². The normalized spacial score (nSPS) is 9.50. The molecule has 0 spiro atoms. The van der Waals surface area contributed by atoms with E-state index in [-0.39, 0.29) is 0 Å². The van der Waals surface area contributed by atoms with Gasteiger partial charge in [0, 0.05) is 13.1 Å². The molecule has 0 radical (unpaired) electrons. The second-order valence-corrected chi connectivity index (χ2v) is 2.96. The van der Waals surface area contributed by atoms with E-state index in [4.69, 9.17) is 5.26 Å². The van der Waals surface area contributed by atoms with E-state index in [1.807, 2.05) is 6.92 Å². The summed E-state index contributed by atoms with van der Waals surface area (Å²) >= 11 is 0. The molecule has 0 aliphatic carbocycles. The van der Waals surface area contributed by atoms with Crippen molar-refractivity contribution in [3.63, 3.8) is 0 Å². The minimum atomic E-state index is 0.593. The number of rotatable bonds is 4. The van der Waals surface area contributed by atoms with Crippen LogP contribution in [0.2, 0.25) is 0 Å². The molecule has 0 saturated carbocycles. The van der Waals surface area contributed by atoms with Gasteiger partial charge >= 0.3 is 0 Å². The highest BCUT2D eigenvalue weighted by molar-refractivity contribution is 5.52. The Labute approximate surface area is 84.2 Å². The SMILES string of the molecule is CCCN(CC)c1nnccc1C#N. The molecule has 1 aromatic rings. The Hall–Kier alpha value is -1.63. The van der Waals surface area contributed by atoms with Crippen molar-refractivity contribution in [2.24, 2.45) is 0 Å². The maximum atomic E-state index is 8.89. The maximum Gasteiger partial charge on any atom is 0.169 e. The van der Waals surface area contributed by atoms with Crippen molar-refractivity contribution >= 4 is 5.82 Å². The molecule has 0 aromatic carbocycles. The number of aromatic nitrogens is 2. The quantitative estimate of drug-likeness (QED) is 0.723. The molecule has 0 amide bonds. The zero-order chi connectivity index (χ0) is 10.4. The van der Waals surface area contributed by atoms with Crippen LogP contribution >= 0.6 is 0 Å². The lowest BCUT2D eigenvalue weighted by Crippen LogP contribution is -2.25. The zero-order valence-corrected chi connectivity index (χ0v) is 8.56. The highest BCUT2D eigenvalue weighted by atomic mass is 15.3. The molecule has 1 rings (SSSR count). The summed E-state index contributed by atoms with van der Waals surface area (Å²) in [7, 11) is 0. The van der Waals surface area contributed by atoms with Gasteiger partial charge in [0.15, 0.2) is 5.82 Å². The molecular formula is C10H14N4. The number of anilines is 1. The van der Waals surface area contributed by atoms with Crippen LogP contribution in [0.4, 0.5) is 5.82 Å². The van der Waals surface area contributed by atoms with Crippen LogP contribution in [0, 0.1) is 11.3 Å². The summed E-state index contributed by atoms with van der Waals surface area (Å²) in [5, 5.41) is 16.7. The van der Waals surface area contributed by atoms with Crippen molar-refractivity contribution in [2.75, 3.05) is 18.0 Å². The fourth-order valence-electron chi connectivity index (χ4n) is 1.33. The molecule has 0 N–H and O–H groups in total. The van der Waals surface area contributed by atoms with Crippen LogP contribution in [0.3, 0.4) is 0 Å². The zero-order valence-electron chi connectivity index (χ0n) is 8.56. The molecule has 0 fully saturated rings. The van der Waals surface area contributed by atoms with Gasteiger partial charge in [-0.1, -0.05) is 6.92 Å². The standard InChI is InChI=1S/C10H14N4/c1-3-7-14(4-2)10-9(8-11)5-6-12-13-10/h5-6H,3-4,7H2,1-2H3. The fourth-order valence-corrected chi connectivity index (χ4v) is 1.33. The third-order valence-corrected chi connectivity index (χ3v) is 2.00. The summed E-state index contributed by atoms with van der Waals surface area (Å²) in [6.45, 7) is 5.90. The van der Waals surface area contributed by atoms with E-state index in [0.717, 1.165) is 19.5 Å². The Morgan fingerprint density at radius 3 is 2.86 bits per heavy atom. The Bertz CT molecular complexity index is 329. The minimum absolute atomic E-state index is 0.593. The van der Waals surface area contributed by atoms with Crippen molar-refractivity contribution in [3.8, 4) is 6.07 Å². The first-order valence-corrected chi connectivity index (χ1v) is 4.80. The highest BCUT2D eigenvalue weighted by Gasteiger charge is 2.09. The Kier molecular flexibility index (Phi) is 3.86. The second-order valence-electron chi connectivity index (χ2n) is 2.96. The Balaban J connectivity index is 2.97. The van der Waals surface area contributed by atoms with Gasteiger partial charge in [-0.3, -0.25) is 0 Å². The molecule has 0 saturated heterocycles. The van der Waals surface area contributed by atoms with E-state index in [1.54, 1.807) is 12.3 Å². The molecule has 0 aliphatic heterocycles. The topological polar surface area (TPSA) is 52.8 Å². The molecule has 1 heterocycles. The van der Waals surface area contributed by atoms with Crippen LogP contribution in [0.5, 0.6) is 0 Å². The van der Waals surface area contributed by atoms with Crippen molar-refractivity contribution in [1.29, 1.82) is 5.26 Å². The number of nitriles is 1. The number of nitrogens with zero attached hydrogens (tertiary/aromatic N) is 4. The van der Waals surface area contributed by atoms with Gasteiger partial charge in [0.25, 0.3) is 0 Å². The van der Waals surface area contributed by atoms with E-state index in [9.17, 15) is 0 Å². The molecule has 74 valence electrons. The molecule has 0 atom stereocenters. The van der Waals surface area contributed by atoms with Crippen LogP contribution in [0.15, 0.2) is 12.3 Å². The van der Waals surface area contributed by atoms with Gasteiger partial charge < -0.3 is 4.90 Å². The number of hydrogen-bond donors (Lipinski definition) is 0. The predicted molar refractivity (Wildman–Crippen MR) is 54.9 cm³/mol. The van der Waals surface area contributed by atoms with E-state index in [1.165, 1.54) is 0 Å². The third kappa shape index (κ3) is 2.19. The van der Waals surface area contributed by atoms with Crippen molar-refractivity contribution in [1.82, 2.24) is 10.2 Å². The summed E-state index contributed by atoms with van der Waals surface area (Å²) in [5.41, 5.74) is 0.593. The molecule has 14 heavy (non-hydrogen) atoms. The van der Waals surface area contributed by atoms with Gasteiger partial charge in [-0.25, -0.2) is 0 Å². The van der Waals surface area contributed by atoms with Gasteiger partial charge in [0.1, 0.15) is 6.07 Å². The molecule has 0 aliphatic rings. The average molecular weight is 190 g/mol. The molecule has 4 heteroatoms. The molecule has 0 unspecified atom stereocenters. The van der Waals surface area contributed by atoms with E-state index in [0.29, 0.717) is 11.4 Å². The van der Waals surface area contributed by atoms with E-state index < -0.39 is 0 Å². The highest BCUT2D eigenvalue weighted by Crippen LogP contribution is 2.14. The smallest absolute Gasteiger partial charge is 0.169 e. The summed E-state index contributed by atoms with van der Waals surface area (Å²) in [6.07, 6.45) is 2.58.